The summed E-state index contributed by atoms with van der Waals surface area (Å²) in [5, 5.41) is 2.46. The molecule has 0 radical (unpaired) electrons. The number of hydrogen-bond donors (Lipinski definition) is 0. The number of rotatable bonds is 3. The second-order valence-electron chi connectivity index (χ2n) is 14.7. The van der Waals surface area contributed by atoms with Crippen LogP contribution in [0, 0.1) is 0 Å². The molecule has 0 saturated heterocycles. The van der Waals surface area contributed by atoms with Gasteiger partial charge in [-0.2, -0.15) is 0 Å². The number of anilines is 2. The maximum absolute atomic E-state index is 2.48. The van der Waals surface area contributed by atoms with Crippen LogP contribution in [0.3, 0.4) is 0 Å². The number of allylic oxidation sites excluding steroid dienone is 1. The Kier molecular flexibility index (Phi) is 5.36. The summed E-state index contributed by atoms with van der Waals surface area (Å²) >= 11 is 0. The molecular weight excluding hydrogens is 659 g/mol. The van der Waals surface area contributed by atoms with Crippen molar-refractivity contribution in [3.8, 4) is 11.4 Å². The molecule has 5 nitrogen and oxygen atoms in total. The Morgan fingerprint density at radius 1 is 0.370 bits per heavy atom. The highest BCUT2D eigenvalue weighted by Crippen LogP contribution is 2.55. The van der Waals surface area contributed by atoms with E-state index in [9.17, 15) is 0 Å². The van der Waals surface area contributed by atoms with Gasteiger partial charge in [0.1, 0.15) is 11.3 Å². The Morgan fingerprint density at radius 2 is 0.944 bits per heavy atom. The van der Waals surface area contributed by atoms with Crippen molar-refractivity contribution in [3.05, 3.63) is 198 Å². The van der Waals surface area contributed by atoms with E-state index in [1.165, 1.54) is 77.6 Å². The lowest BCUT2D eigenvalue weighted by Gasteiger charge is -2.22. The molecule has 0 amide bonds. The first-order chi connectivity index (χ1) is 26.8. The van der Waals surface area contributed by atoms with E-state index in [0.717, 1.165) is 22.7 Å². The van der Waals surface area contributed by atoms with E-state index < -0.39 is 0 Å². The number of fused-ring (bicyclic) bond motifs is 15. The standard InChI is InChI=1S/C49H31N5/c1-3-16-37-31(12-1)26-46-49(37)38-17-4-6-19-40(38)50(46)36-25-24-33-28-48-52(42-21-8-10-23-44(42)54(48)45(33)30-36)35-15-11-14-34(29-35)51-41-20-7-9-22-43(41)53-39-18-5-2-13-32(39)27-47(51)53/h1-30,49H. The summed E-state index contributed by atoms with van der Waals surface area (Å²) in [6, 6.07) is 64.6. The molecule has 0 saturated carbocycles. The SMILES string of the molecule is C1=C2C(c3ccccc31)c1ccccc1N2c1ccc2cc3n(-c4cccc(-n5c6ccccc6n6c7ccccc7cc56)c4)c4ccccc4n3c2c1. The first-order valence-electron chi connectivity index (χ1n) is 18.6. The van der Waals surface area contributed by atoms with Gasteiger partial charge in [-0.25, -0.2) is 0 Å². The van der Waals surface area contributed by atoms with Gasteiger partial charge in [0, 0.05) is 33.5 Å². The lowest BCUT2D eigenvalue weighted by molar-refractivity contribution is 1.01. The monoisotopic (exact) mass is 689 g/mol. The molecule has 5 heteroatoms. The van der Waals surface area contributed by atoms with Crippen LogP contribution in [0.1, 0.15) is 22.6 Å². The Labute approximate surface area is 310 Å². The number of para-hydroxylation sites is 6. The van der Waals surface area contributed by atoms with Crippen molar-refractivity contribution in [1.29, 1.82) is 0 Å². The van der Waals surface area contributed by atoms with E-state index >= 15 is 0 Å². The highest BCUT2D eigenvalue weighted by molar-refractivity contribution is 6.00. The first kappa shape index (κ1) is 28.4. The van der Waals surface area contributed by atoms with Crippen molar-refractivity contribution in [2.75, 3.05) is 4.90 Å². The lowest BCUT2D eigenvalue weighted by Crippen LogP contribution is -2.11. The molecule has 0 spiro atoms. The van der Waals surface area contributed by atoms with E-state index in [1.807, 2.05) is 0 Å². The highest BCUT2D eigenvalue weighted by atomic mass is 15.2. The van der Waals surface area contributed by atoms with E-state index in [1.54, 1.807) is 0 Å². The van der Waals surface area contributed by atoms with Crippen molar-refractivity contribution in [2.24, 2.45) is 0 Å². The van der Waals surface area contributed by atoms with Gasteiger partial charge in [0.05, 0.1) is 44.7 Å². The third-order valence-electron chi connectivity index (χ3n) is 11.9. The van der Waals surface area contributed by atoms with E-state index in [0.29, 0.717) is 0 Å². The highest BCUT2D eigenvalue weighted by Gasteiger charge is 2.39. The van der Waals surface area contributed by atoms with Gasteiger partial charge >= 0.3 is 0 Å². The molecule has 1 atom stereocenters. The molecule has 11 aromatic rings. The summed E-state index contributed by atoms with van der Waals surface area (Å²) in [7, 11) is 0. The van der Waals surface area contributed by atoms with Crippen molar-refractivity contribution in [2.45, 2.75) is 5.92 Å². The minimum Gasteiger partial charge on any atom is -0.313 e. The molecule has 0 N–H and O–H groups in total. The smallest absolute Gasteiger partial charge is 0.123 e. The Hall–Kier alpha value is -7.24. The van der Waals surface area contributed by atoms with Crippen LogP contribution in [-0.2, 0) is 0 Å². The second kappa shape index (κ2) is 10.2. The number of imidazole rings is 2. The van der Waals surface area contributed by atoms with Crippen LogP contribution in [0.2, 0.25) is 0 Å². The van der Waals surface area contributed by atoms with Gasteiger partial charge in [-0.3, -0.25) is 17.9 Å². The van der Waals surface area contributed by atoms with Crippen LogP contribution < -0.4 is 4.90 Å². The molecule has 0 fully saturated rings. The third kappa shape index (κ3) is 3.58. The fourth-order valence-corrected chi connectivity index (χ4v) is 9.73. The van der Waals surface area contributed by atoms with E-state index in [4.69, 9.17) is 0 Å². The zero-order valence-corrected chi connectivity index (χ0v) is 29.1. The van der Waals surface area contributed by atoms with E-state index in [-0.39, 0.29) is 5.92 Å². The quantitative estimate of drug-likeness (QED) is 0.181. The largest absolute Gasteiger partial charge is 0.313 e. The first-order valence-corrected chi connectivity index (χ1v) is 18.6. The van der Waals surface area contributed by atoms with Gasteiger partial charge in [-0.15, -0.1) is 0 Å². The molecular formula is C49H31N5. The molecule has 1 unspecified atom stereocenters. The summed E-state index contributed by atoms with van der Waals surface area (Å²) < 4.78 is 9.66. The lowest BCUT2D eigenvalue weighted by atomic mass is 9.93. The summed E-state index contributed by atoms with van der Waals surface area (Å²) in [4.78, 5) is 2.48. The van der Waals surface area contributed by atoms with Crippen LogP contribution in [0.4, 0.5) is 11.4 Å². The topological polar surface area (TPSA) is 21.9 Å². The molecule has 13 rings (SSSR count). The number of hydrogen-bond acceptors (Lipinski definition) is 1. The molecule has 7 aromatic carbocycles. The summed E-state index contributed by atoms with van der Waals surface area (Å²) in [5.74, 6) is 0.249. The average molecular weight is 690 g/mol. The van der Waals surface area contributed by atoms with Crippen molar-refractivity contribution in [1.82, 2.24) is 17.9 Å². The zero-order chi connectivity index (χ0) is 35.1. The van der Waals surface area contributed by atoms with Gasteiger partial charge in [0.2, 0.25) is 0 Å². The second-order valence-corrected chi connectivity index (χ2v) is 14.7. The van der Waals surface area contributed by atoms with Crippen molar-refractivity contribution in [3.63, 3.8) is 0 Å². The van der Waals surface area contributed by atoms with Crippen LogP contribution in [0.5, 0.6) is 0 Å². The number of nitrogens with zero attached hydrogens (tertiary/aromatic N) is 5. The normalized spacial score (nSPS) is 14.9. The molecule has 1 aliphatic carbocycles. The third-order valence-corrected chi connectivity index (χ3v) is 11.9. The predicted octanol–water partition coefficient (Wildman–Crippen LogP) is 12.0. The van der Waals surface area contributed by atoms with Gasteiger partial charge in [0.25, 0.3) is 0 Å². The Balaban J connectivity index is 1.02. The van der Waals surface area contributed by atoms with Crippen molar-refractivity contribution < 1.29 is 0 Å². The van der Waals surface area contributed by atoms with Gasteiger partial charge in [-0.05, 0) is 102 Å². The molecule has 252 valence electrons. The van der Waals surface area contributed by atoms with Crippen LogP contribution in [0.15, 0.2) is 182 Å². The molecule has 2 aliphatic rings. The van der Waals surface area contributed by atoms with Crippen LogP contribution >= 0.6 is 0 Å². The fraction of sp³-hybridized carbons (Fsp3) is 0.0204. The van der Waals surface area contributed by atoms with E-state index in [2.05, 4.69) is 205 Å². The minimum atomic E-state index is 0.249. The predicted molar refractivity (Wildman–Crippen MR) is 222 cm³/mol. The van der Waals surface area contributed by atoms with Crippen LogP contribution in [0.25, 0.3) is 72.6 Å². The average Bonchev–Trinajstić information content (AvgIpc) is 4.05. The number of aromatic nitrogens is 4. The fourth-order valence-electron chi connectivity index (χ4n) is 9.73. The zero-order valence-electron chi connectivity index (χ0n) is 29.1. The summed E-state index contributed by atoms with van der Waals surface area (Å²) in [5.41, 5.74) is 19.5. The maximum atomic E-state index is 2.48. The Bertz CT molecular complexity index is 3420. The van der Waals surface area contributed by atoms with Crippen molar-refractivity contribution >= 4 is 72.6 Å². The summed E-state index contributed by atoms with van der Waals surface area (Å²) in [6.45, 7) is 0. The molecule has 5 heterocycles. The maximum Gasteiger partial charge on any atom is 0.123 e. The Morgan fingerprint density at radius 3 is 1.69 bits per heavy atom. The van der Waals surface area contributed by atoms with Gasteiger partial charge < -0.3 is 4.90 Å². The number of benzene rings is 7. The van der Waals surface area contributed by atoms with Crippen LogP contribution in [-0.4, -0.2) is 17.9 Å². The van der Waals surface area contributed by atoms with Gasteiger partial charge in [0.15, 0.2) is 0 Å². The molecule has 4 aromatic heterocycles. The molecule has 54 heavy (non-hydrogen) atoms. The molecule has 1 aliphatic heterocycles. The van der Waals surface area contributed by atoms with Gasteiger partial charge in [-0.1, -0.05) is 97.1 Å². The summed E-state index contributed by atoms with van der Waals surface area (Å²) in [6.07, 6.45) is 2.38. The minimum absolute atomic E-state index is 0.249. The molecule has 0 bridgehead atoms.